The Balaban J connectivity index is 1.30. The van der Waals surface area contributed by atoms with Gasteiger partial charge in [0.25, 0.3) is 11.8 Å². The summed E-state index contributed by atoms with van der Waals surface area (Å²) < 4.78 is 5.61. The highest BCUT2D eigenvalue weighted by molar-refractivity contribution is 6.23. The molecule has 1 saturated heterocycles. The zero-order valence-electron chi connectivity index (χ0n) is 17.6. The maximum Gasteiger partial charge on any atom is 0.262 e. The highest BCUT2D eigenvalue weighted by Gasteiger charge is 2.44. The molecule has 9 nitrogen and oxygen atoms in total. The average molecular weight is 447 g/mol. The zero-order valence-corrected chi connectivity index (χ0v) is 17.6. The maximum absolute atomic E-state index is 12.9. The number of amides is 5. The van der Waals surface area contributed by atoms with Gasteiger partial charge in [-0.3, -0.25) is 34.2 Å². The van der Waals surface area contributed by atoms with Crippen LogP contribution in [-0.2, 0) is 20.9 Å². The SMILES string of the molecule is O=C1CCC(N2C(=O)c3ccc(CNC(=O)C4CCOc5ccccc54)cc3C2=O)C(=O)N1. The van der Waals surface area contributed by atoms with E-state index < -0.39 is 29.7 Å². The molecular formula is C24H21N3O6. The molecule has 2 aromatic carbocycles. The van der Waals surface area contributed by atoms with Crippen LogP contribution in [0.3, 0.4) is 0 Å². The predicted molar refractivity (Wildman–Crippen MR) is 114 cm³/mol. The Morgan fingerprint density at radius 3 is 2.64 bits per heavy atom. The van der Waals surface area contributed by atoms with Crippen molar-refractivity contribution in [3.05, 3.63) is 64.7 Å². The number of hydrogen-bond donors (Lipinski definition) is 2. The lowest BCUT2D eigenvalue weighted by Gasteiger charge is -2.27. The van der Waals surface area contributed by atoms with Crippen molar-refractivity contribution in [2.75, 3.05) is 6.61 Å². The summed E-state index contributed by atoms with van der Waals surface area (Å²) in [6.45, 7) is 0.645. The first-order valence-electron chi connectivity index (χ1n) is 10.8. The third-order valence-electron chi connectivity index (χ3n) is 6.25. The van der Waals surface area contributed by atoms with Gasteiger partial charge in [-0.15, -0.1) is 0 Å². The number of fused-ring (bicyclic) bond motifs is 2. The Hall–Kier alpha value is -4.01. The zero-order chi connectivity index (χ0) is 23.1. The lowest BCUT2D eigenvalue weighted by molar-refractivity contribution is -0.136. The Morgan fingerprint density at radius 1 is 1.03 bits per heavy atom. The van der Waals surface area contributed by atoms with Crippen LogP contribution < -0.4 is 15.4 Å². The fraction of sp³-hybridized carbons (Fsp3) is 0.292. The lowest BCUT2D eigenvalue weighted by Crippen LogP contribution is -2.54. The van der Waals surface area contributed by atoms with E-state index in [-0.39, 0.29) is 42.3 Å². The summed E-state index contributed by atoms with van der Waals surface area (Å²) >= 11 is 0. The van der Waals surface area contributed by atoms with Crippen molar-refractivity contribution >= 4 is 29.5 Å². The number of carbonyl (C=O) groups is 5. The van der Waals surface area contributed by atoms with Gasteiger partial charge in [0.1, 0.15) is 11.8 Å². The van der Waals surface area contributed by atoms with Gasteiger partial charge in [0.2, 0.25) is 17.7 Å². The lowest BCUT2D eigenvalue weighted by atomic mass is 9.92. The molecule has 2 aromatic rings. The average Bonchev–Trinajstić information content (AvgIpc) is 3.06. The molecule has 0 saturated carbocycles. The number of para-hydroxylation sites is 1. The Labute approximate surface area is 189 Å². The number of nitrogens with one attached hydrogen (secondary N) is 2. The molecule has 3 aliphatic rings. The summed E-state index contributed by atoms with van der Waals surface area (Å²) in [5.41, 5.74) is 1.90. The summed E-state index contributed by atoms with van der Waals surface area (Å²) in [7, 11) is 0. The molecule has 0 radical (unpaired) electrons. The highest BCUT2D eigenvalue weighted by atomic mass is 16.5. The van der Waals surface area contributed by atoms with Gasteiger partial charge >= 0.3 is 0 Å². The highest BCUT2D eigenvalue weighted by Crippen LogP contribution is 2.33. The summed E-state index contributed by atoms with van der Waals surface area (Å²) in [6, 6.07) is 11.2. The molecule has 0 aromatic heterocycles. The standard InChI is InChI=1S/C24H21N3O6/c28-20-8-7-18(22(30)26-20)27-23(31)16-6-5-13(11-17(16)24(27)32)12-25-21(29)15-9-10-33-19-4-2-1-3-14(15)19/h1-6,11,15,18H,7-10,12H2,(H,25,29)(H,26,28,30). The maximum atomic E-state index is 12.9. The molecule has 2 atom stereocenters. The quantitative estimate of drug-likeness (QED) is 0.681. The number of carbonyl (C=O) groups excluding carboxylic acids is 5. The third kappa shape index (κ3) is 3.65. The van der Waals surface area contributed by atoms with Crippen LogP contribution in [0.25, 0.3) is 0 Å². The van der Waals surface area contributed by atoms with E-state index in [0.717, 1.165) is 10.5 Å². The molecule has 2 N–H and O–H groups in total. The molecule has 9 heteroatoms. The molecule has 5 amide bonds. The minimum absolute atomic E-state index is 0.0659. The first-order chi connectivity index (χ1) is 15.9. The van der Waals surface area contributed by atoms with Gasteiger partial charge in [-0.05, 0) is 36.6 Å². The topological polar surface area (TPSA) is 122 Å². The molecule has 0 aliphatic carbocycles. The van der Waals surface area contributed by atoms with Gasteiger partial charge in [-0.1, -0.05) is 24.3 Å². The first-order valence-corrected chi connectivity index (χ1v) is 10.8. The molecule has 168 valence electrons. The van der Waals surface area contributed by atoms with E-state index in [2.05, 4.69) is 10.6 Å². The van der Waals surface area contributed by atoms with Crippen molar-refractivity contribution in [2.45, 2.75) is 37.8 Å². The molecule has 33 heavy (non-hydrogen) atoms. The van der Waals surface area contributed by atoms with Gasteiger partial charge in [-0.25, -0.2) is 0 Å². The van der Waals surface area contributed by atoms with E-state index in [1.807, 2.05) is 24.3 Å². The fourth-order valence-corrected chi connectivity index (χ4v) is 4.55. The summed E-state index contributed by atoms with van der Waals surface area (Å²) in [4.78, 5) is 63.1. The first kappa shape index (κ1) is 20.9. The number of nitrogens with zero attached hydrogens (tertiary/aromatic N) is 1. The second kappa shape index (κ2) is 8.16. The smallest absolute Gasteiger partial charge is 0.262 e. The van der Waals surface area contributed by atoms with Crippen LogP contribution in [0, 0.1) is 0 Å². The van der Waals surface area contributed by atoms with E-state index >= 15 is 0 Å². The number of piperidine rings is 1. The molecule has 0 bridgehead atoms. The Bertz CT molecular complexity index is 1210. The van der Waals surface area contributed by atoms with Gasteiger partial charge in [0.15, 0.2) is 0 Å². The monoisotopic (exact) mass is 447 g/mol. The van der Waals surface area contributed by atoms with Crippen molar-refractivity contribution in [1.82, 2.24) is 15.5 Å². The van der Waals surface area contributed by atoms with Crippen LogP contribution in [0.4, 0.5) is 0 Å². The molecule has 2 unspecified atom stereocenters. The number of ether oxygens (including phenoxy) is 1. The number of rotatable bonds is 4. The second-order valence-corrected chi connectivity index (χ2v) is 8.27. The summed E-state index contributed by atoms with van der Waals surface area (Å²) in [5.74, 6) is -1.95. The number of benzene rings is 2. The summed E-state index contributed by atoms with van der Waals surface area (Å²) in [5, 5.41) is 5.08. The van der Waals surface area contributed by atoms with E-state index in [0.29, 0.717) is 24.3 Å². The van der Waals surface area contributed by atoms with E-state index in [1.165, 1.54) is 6.07 Å². The van der Waals surface area contributed by atoms with Crippen LogP contribution in [0.1, 0.15) is 57.0 Å². The Morgan fingerprint density at radius 2 is 1.82 bits per heavy atom. The van der Waals surface area contributed by atoms with Crippen LogP contribution in [0.5, 0.6) is 5.75 Å². The summed E-state index contributed by atoms with van der Waals surface area (Å²) in [6.07, 6.45) is 0.739. The molecular weight excluding hydrogens is 426 g/mol. The van der Waals surface area contributed by atoms with Crippen LogP contribution in [-0.4, -0.2) is 47.1 Å². The van der Waals surface area contributed by atoms with Crippen LogP contribution >= 0.6 is 0 Å². The molecule has 3 aliphatic heterocycles. The van der Waals surface area contributed by atoms with Gasteiger partial charge < -0.3 is 10.1 Å². The van der Waals surface area contributed by atoms with Crippen molar-refractivity contribution < 1.29 is 28.7 Å². The Kier molecular flexibility index (Phi) is 5.16. The van der Waals surface area contributed by atoms with Crippen molar-refractivity contribution in [3.8, 4) is 5.75 Å². The fourth-order valence-electron chi connectivity index (χ4n) is 4.55. The van der Waals surface area contributed by atoms with Crippen LogP contribution in [0.2, 0.25) is 0 Å². The van der Waals surface area contributed by atoms with Gasteiger partial charge in [-0.2, -0.15) is 0 Å². The van der Waals surface area contributed by atoms with Crippen LogP contribution in [0.15, 0.2) is 42.5 Å². The molecule has 3 heterocycles. The molecule has 0 spiro atoms. The molecule has 5 rings (SSSR count). The van der Waals surface area contributed by atoms with E-state index in [1.54, 1.807) is 12.1 Å². The van der Waals surface area contributed by atoms with Gasteiger partial charge in [0, 0.05) is 18.5 Å². The second-order valence-electron chi connectivity index (χ2n) is 8.27. The van der Waals surface area contributed by atoms with Crippen molar-refractivity contribution in [1.29, 1.82) is 0 Å². The molecule has 1 fully saturated rings. The van der Waals surface area contributed by atoms with Crippen molar-refractivity contribution in [2.24, 2.45) is 0 Å². The number of imide groups is 2. The van der Waals surface area contributed by atoms with Gasteiger partial charge in [0.05, 0.1) is 23.7 Å². The minimum atomic E-state index is -1.01. The van der Waals surface area contributed by atoms with Crippen molar-refractivity contribution in [3.63, 3.8) is 0 Å². The number of hydrogen-bond acceptors (Lipinski definition) is 6. The van der Waals surface area contributed by atoms with E-state index in [4.69, 9.17) is 4.74 Å². The predicted octanol–water partition coefficient (Wildman–Crippen LogP) is 1.27. The van der Waals surface area contributed by atoms with E-state index in [9.17, 15) is 24.0 Å². The largest absolute Gasteiger partial charge is 0.493 e. The third-order valence-corrected chi connectivity index (χ3v) is 6.25. The normalized spacial score (nSPS) is 21.8. The minimum Gasteiger partial charge on any atom is -0.493 e.